The summed E-state index contributed by atoms with van der Waals surface area (Å²) < 4.78 is 28.5. The maximum Gasteiger partial charge on any atom is 0.241 e. The smallest absolute Gasteiger partial charge is 0.241 e. The maximum absolute atomic E-state index is 12.9. The molecule has 0 radical (unpaired) electrons. The van der Waals surface area contributed by atoms with Gasteiger partial charge in [0.05, 0.1) is 17.0 Å². The van der Waals surface area contributed by atoms with Crippen molar-refractivity contribution in [3.63, 3.8) is 0 Å². The molecule has 9 heteroatoms. The molecule has 0 amide bonds. The Kier molecular flexibility index (Phi) is 7.85. The van der Waals surface area contributed by atoms with Gasteiger partial charge in [0.25, 0.3) is 0 Å². The van der Waals surface area contributed by atoms with Crippen molar-refractivity contribution in [3.05, 3.63) is 59.2 Å². The lowest BCUT2D eigenvalue weighted by Gasteiger charge is -2.19. The van der Waals surface area contributed by atoms with E-state index in [1.165, 1.54) is 0 Å². The van der Waals surface area contributed by atoms with E-state index in [-0.39, 0.29) is 4.90 Å². The van der Waals surface area contributed by atoms with Crippen molar-refractivity contribution in [1.29, 1.82) is 5.26 Å². The van der Waals surface area contributed by atoms with Crippen LogP contribution in [0.15, 0.2) is 52.4 Å². The van der Waals surface area contributed by atoms with E-state index < -0.39 is 22.2 Å². The Labute approximate surface area is 189 Å². The van der Waals surface area contributed by atoms with Crippen LogP contribution in [0.25, 0.3) is 0 Å². The van der Waals surface area contributed by atoms with E-state index in [0.29, 0.717) is 30.2 Å². The van der Waals surface area contributed by atoms with Gasteiger partial charge in [-0.25, -0.2) is 13.1 Å². The monoisotopic (exact) mass is 455 g/mol. The van der Waals surface area contributed by atoms with E-state index in [9.17, 15) is 13.5 Å². The Morgan fingerprint density at radius 2 is 1.97 bits per heavy atom. The Morgan fingerprint density at radius 1 is 1.22 bits per heavy atom. The molecule has 32 heavy (non-hydrogen) atoms. The number of benzene rings is 2. The van der Waals surface area contributed by atoms with Gasteiger partial charge in [0.1, 0.15) is 0 Å². The summed E-state index contributed by atoms with van der Waals surface area (Å²) in [4.78, 5) is 4.51. The molecule has 1 aliphatic rings. The molecule has 0 aliphatic heterocycles. The van der Waals surface area contributed by atoms with Gasteiger partial charge >= 0.3 is 0 Å². The van der Waals surface area contributed by atoms with Gasteiger partial charge in [-0.1, -0.05) is 38.5 Å². The van der Waals surface area contributed by atoms with Crippen LogP contribution in [0.5, 0.6) is 0 Å². The highest BCUT2D eigenvalue weighted by molar-refractivity contribution is 7.89. The molecule has 4 N–H and O–H groups in total. The highest BCUT2D eigenvalue weighted by Crippen LogP contribution is 2.34. The molecule has 2 atom stereocenters. The highest BCUT2D eigenvalue weighted by atomic mass is 32.2. The van der Waals surface area contributed by atoms with Crippen molar-refractivity contribution in [2.45, 2.75) is 56.6 Å². The normalized spacial score (nSPS) is 18.1. The summed E-state index contributed by atoms with van der Waals surface area (Å²) in [6.45, 7) is 4.65. The number of nitriles is 1. The van der Waals surface area contributed by atoms with Crippen LogP contribution in [0.1, 0.15) is 49.4 Å². The van der Waals surface area contributed by atoms with Gasteiger partial charge in [-0.15, -0.1) is 0 Å². The van der Waals surface area contributed by atoms with Crippen LogP contribution in [-0.2, 0) is 22.9 Å². The van der Waals surface area contributed by atoms with Gasteiger partial charge in [0.2, 0.25) is 16.0 Å². The van der Waals surface area contributed by atoms with E-state index in [1.54, 1.807) is 30.3 Å². The first-order valence-electron chi connectivity index (χ1n) is 10.8. The number of guanidine groups is 1. The maximum atomic E-state index is 12.9. The lowest BCUT2D eigenvalue weighted by atomic mass is 10.1. The van der Waals surface area contributed by atoms with E-state index in [1.807, 2.05) is 25.2 Å². The molecule has 0 aromatic heterocycles. The van der Waals surface area contributed by atoms with Crippen molar-refractivity contribution in [3.8, 4) is 6.19 Å². The van der Waals surface area contributed by atoms with E-state index >= 15 is 0 Å². The number of aliphatic hydroxyl groups is 1. The number of nitrogens with zero attached hydrogens (tertiary/aromatic N) is 2. The average Bonchev–Trinajstić information content (AvgIpc) is 3.08. The summed E-state index contributed by atoms with van der Waals surface area (Å²) in [6, 6.07) is 11.4. The predicted octanol–water partition coefficient (Wildman–Crippen LogP) is 2.82. The lowest BCUT2D eigenvalue weighted by molar-refractivity contribution is 0.151. The molecule has 2 aromatic rings. The number of aliphatic imine (C=N–C) groups is 1. The second kappa shape index (κ2) is 10.6. The molecule has 2 aromatic carbocycles. The Hall–Kier alpha value is -2.93. The molecule has 8 nitrogen and oxygen atoms in total. The first kappa shape index (κ1) is 23.7. The third-order valence-corrected chi connectivity index (χ3v) is 6.89. The largest absolute Gasteiger partial charge is 0.391 e. The van der Waals surface area contributed by atoms with E-state index in [2.05, 4.69) is 27.3 Å². The second-order valence-electron chi connectivity index (χ2n) is 7.73. The van der Waals surface area contributed by atoms with E-state index in [4.69, 9.17) is 5.26 Å². The van der Waals surface area contributed by atoms with Crippen LogP contribution in [0.3, 0.4) is 0 Å². The van der Waals surface area contributed by atoms with Crippen molar-refractivity contribution in [2.24, 2.45) is 4.99 Å². The Morgan fingerprint density at radius 3 is 2.62 bits per heavy atom. The SMILES string of the molecule is CCCCN=C(NC#N)Nc1ccc2c(c1)C(NS(=O)(=O)c1ccc(CC)cc1)C(O)C2. The van der Waals surface area contributed by atoms with Crippen LogP contribution in [0.4, 0.5) is 5.69 Å². The standard InChI is InChI=1S/C23H29N5O3S/c1-3-5-12-25-23(26-15-24)27-18-9-8-17-13-21(29)22(20(17)14-18)28-32(30,31)19-10-6-16(4-2)7-11-19/h6-11,14,21-22,28-29H,3-5,12-13H2,1-2H3,(H2,25,26,27). The molecule has 0 fully saturated rings. The average molecular weight is 456 g/mol. The van der Waals surface area contributed by atoms with Gasteiger partial charge < -0.3 is 10.4 Å². The molecule has 0 saturated carbocycles. The number of aliphatic hydroxyl groups excluding tert-OH is 1. The number of aryl methyl sites for hydroxylation is 1. The number of hydrogen-bond donors (Lipinski definition) is 4. The summed E-state index contributed by atoms with van der Waals surface area (Å²) in [6.07, 6.45) is 4.05. The third-order valence-electron chi connectivity index (χ3n) is 5.44. The zero-order valence-corrected chi connectivity index (χ0v) is 19.1. The fourth-order valence-corrected chi connectivity index (χ4v) is 4.88. The lowest BCUT2D eigenvalue weighted by Crippen LogP contribution is -2.34. The van der Waals surface area contributed by atoms with Crippen molar-refractivity contribution < 1.29 is 13.5 Å². The zero-order chi connectivity index (χ0) is 23.1. The zero-order valence-electron chi connectivity index (χ0n) is 18.3. The molecule has 0 saturated heterocycles. The summed E-state index contributed by atoms with van der Waals surface area (Å²) in [7, 11) is -3.81. The predicted molar refractivity (Wildman–Crippen MR) is 125 cm³/mol. The van der Waals surface area contributed by atoms with Crippen LogP contribution in [-0.4, -0.2) is 32.1 Å². The number of unbranched alkanes of at least 4 members (excludes halogenated alkanes) is 1. The fourth-order valence-electron chi connectivity index (χ4n) is 3.63. The molecule has 0 spiro atoms. The van der Waals surface area contributed by atoms with E-state index in [0.717, 1.165) is 30.4 Å². The van der Waals surface area contributed by atoms with Crippen molar-refractivity contribution >= 4 is 21.7 Å². The molecular formula is C23H29N5O3S. The number of sulfonamides is 1. The van der Waals surface area contributed by atoms with Crippen molar-refractivity contribution in [2.75, 3.05) is 11.9 Å². The van der Waals surface area contributed by atoms with Gasteiger partial charge in [0, 0.05) is 18.7 Å². The van der Waals surface area contributed by atoms with Gasteiger partial charge in [-0.05, 0) is 53.8 Å². The molecule has 0 heterocycles. The quantitative estimate of drug-likeness (QED) is 0.159. The molecular weight excluding hydrogens is 426 g/mol. The fraction of sp³-hybridized carbons (Fsp3) is 0.391. The third kappa shape index (κ3) is 5.65. The number of hydrogen-bond acceptors (Lipinski definition) is 5. The molecule has 170 valence electrons. The summed E-state index contributed by atoms with van der Waals surface area (Å²) in [5, 5.41) is 25.2. The number of nitrogens with one attached hydrogen (secondary N) is 3. The minimum atomic E-state index is -3.81. The highest BCUT2D eigenvalue weighted by Gasteiger charge is 2.34. The number of anilines is 1. The van der Waals surface area contributed by atoms with Gasteiger partial charge in [-0.3, -0.25) is 10.3 Å². The minimum absolute atomic E-state index is 0.160. The number of rotatable bonds is 8. The van der Waals surface area contributed by atoms with Gasteiger partial charge in [0.15, 0.2) is 6.19 Å². The Balaban J connectivity index is 1.82. The van der Waals surface area contributed by atoms with Crippen LogP contribution in [0, 0.1) is 11.5 Å². The molecule has 3 rings (SSSR count). The van der Waals surface area contributed by atoms with Crippen molar-refractivity contribution in [1.82, 2.24) is 10.0 Å². The van der Waals surface area contributed by atoms with Crippen LogP contribution >= 0.6 is 0 Å². The Bertz CT molecular complexity index is 1110. The number of fused-ring (bicyclic) bond motifs is 1. The van der Waals surface area contributed by atoms with Gasteiger partial charge in [-0.2, -0.15) is 5.26 Å². The molecule has 1 aliphatic carbocycles. The van der Waals surface area contributed by atoms with Crippen LogP contribution < -0.4 is 15.4 Å². The first-order chi connectivity index (χ1) is 15.4. The molecule has 2 unspecified atom stereocenters. The minimum Gasteiger partial charge on any atom is -0.391 e. The summed E-state index contributed by atoms with van der Waals surface area (Å²) in [5.74, 6) is 0.326. The molecule has 0 bridgehead atoms. The summed E-state index contributed by atoms with van der Waals surface area (Å²) >= 11 is 0. The first-order valence-corrected chi connectivity index (χ1v) is 12.2. The summed E-state index contributed by atoms with van der Waals surface area (Å²) in [5.41, 5.74) is 3.26. The topological polar surface area (TPSA) is 127 Å². The second-order valence-corrected chi connectivity index (χ2v) is 9.44. The van der Waals surface area contributed by atoms with Crippen LogP contribution in [0.2, 0.25) is 0 Å².